The number of rotatable bonds is 2. The summed E-state index contributed by atoms with van der Waals surface area (Å²) in [6, 6.07) is 10.9. The molecular formula is C19H25N3O. The molecule has 3 atom stereocenters. The summed E-state index contributed by atoms with van der Waals surface area (Å²) in [4.78, 5) is 17.4. The van der Waals surface area contributed by atoms with Crippen LogP contribution >= 0.6 is 0 Å². The van der Waals surface area contributed by atoms with Gasteiger partial charge in [0.1, 0.15) is 0 Å². The minimum absolute atomic E-state index is 0.0614. The highest BCUT2D eigenvalue weighted by Crippen LogP contribution is 2.30. The van der Waals surface area contributed by atoms with Crippen LogP contribution in [-0.4, -0.2) is 46.9 Å². The number of benzene rings is 1. The van der Waals surface area contributed by atoms with Gasteiger partial charge in [0.25, 0.3) is 5.91 Å². The molecule has 2 fully saturated rings. The number of carbonyl (C=O) groups excluding carboxylic acids is 1. The number of nitrogens with zero attached hydrogens (tertiary/aromatic N) is 3. The van der Waals surface area contributed by atoms with Crippen molar-refractivity contribution < 1.29 is 4.79 Å². The molecule has 2 aliphatic rings. The summed E-state index contributed by atoms with van der Waals surface area (Å²) in [5.74, 6) is 0.0614. The van der Waals surface area contributed by atoms with Gasteiger partial charge in [-0.2, -0.15) is 5.26 Å². The molecule has 0 spiro atoms. The van der Waals surface area contributed by atoms with Crippen LogP contribution in [0.2, 0.25) is 0 Å². The summed E-state index contributed by atoms with van der Waals surface area (Å²) in [5.41, 5.74) is 1.18. The van der Waals surface area contributed by atoms with Crippen molar-refractivity contribution in [1.82, 2.24) is 9.80 Å². The molecule has 0 unspecified atom stereocenters. The summed E-state index contributed by atoms with van der Waals surface area (Å²) in [7, 11) is 0. The van der Waals surface area contributed by atoms with Crippen LogP contribution in [0.5, 0.6) is 0 Å². The number of likely N-dealkylation sites (tertiary alicyclic amines) is 2. The lowest BCUT2D eigenvalue weighted by atomic mass is 10.0. The predicted molar refractivity (Wildman–Crippen MR) is 90.1 cm³/mol. The summed E-state index contributed by atoms with van der Waals surface area (Å²) in [6.07, 6.45) is 4.76. The molecule has 0 aliphatic carbocycles. The van der Waals surface area contributed by atoms with Gasteiger partial charge in [-0.05, 0) is 57.7 Å². The molecule has 0 N–H and O–H groups in total. The molecule has 3 rings (SSSR count). The Labute approximate surface area is 138 Å². The summed E-state index contributed by atoms with van der Waals surface area (Å²) in [5, 5.41) is 9.02. The number of hydrogen-bond acceptors (Lipinski definition) is 3. The van der Waals surface area contributed by atoms with Crippen molar-refractivity contribution in [3.63, 3.8) is 0 Å². The lowest BCUT2D eigenvalue weighted by Gasteiger charge is -2.41. The highest BCUT2D eigenvalue weighted by molar-refractivity contribution is 5.94. The van der Waals surface area contributed by atoms with Crippen LogP contribution < -0.4 is 0 Å². The first-order chi connectivity index (χ1) is 11.1. The van der Waals surface area contributed by atoms with Crippen molar-refractivity contribution in [1.29, 1.82) is 5.26 Å². The van der Waals surface area contributed by atoms with Gasteiger partial charge in [-0.15, -0.1) is 0 Å². The van der Waals surface area contributed by atoms with Crippen LogP contribution in [0.15, 0.2) is 24.3 Å². The molecule has 0 radical (unpaired) electrons. The standard InChI is InChI=1S/C19H25N3O/c1-14-8-9-15(2)22(14)18-7-4-10-21(13-18)19(23)17-6-3-5-16(11-17)12-20/h3,5-6,11,14-15,18H,4,7-10,13H2,1-2H3/t14-,15+,18-/m1/s1. The number of hydrogen-bond donors (Lipinski definition) is 0. The normalized spacial score (nSPS) is 28.6. The number of piperidine rings is 1. The van der Waals surface area contributed by atoms with Gasteiger partial charge in [0.15, 0.2) is 0 Å². The predicted octanol–water partition coefficient (Wildman–Crippen LogP) is 3.04. The van der Waals surface area contributed by atoms with Crippen LogP contribution in [0.25, 0.3) is 0 Å². The Hall–Kier alpha value is -1.86. The molecule has 1 aromatic rings. The second-order valence-corrected chi connectivity index (χ2v) is 6.96. The zero-order valence-electron chi connectivity index (χ0n) is 14.0. The quantitative estimate of drug-likeness (QED) is 0.843. The molecule has 0 aromatic heterocycles. The van der Waals surface area contributed by atoms with E-state index in [0.29, 0.717) is 29.3 Å². The van der Waals surface area contributed by atoms with Gasteiger partial charge in [-0.3, -0.25) is 9.69 Å². The van der Waals surface area contributed by atoms with Gasteiger partial charge in [0.05, 0.1) is 11.6 Å². The molecule has 2 heterocycles. The van der Waals surface area contributed by atoms with Gasteiger partial charge in [0, 0.05) is 36.8 Å². The fraction of sp³-hybridized carbons (Fsp3) is 0.579. The largest absolute Gasteiger partial charge is 0.337 e. The first kappa shape index (κ1) is 16.0. The Morgan fingerprint density at radius 3 is 2.65 bits per heavy atom. The van der Waals surface area contributed by atoms with E-state index in [1.54, 1.807) is 18.2 Å². The third kappa shape index (κ3) is 3.25. The first-order valence-electron chi connectivity index (χ1n) is 8.67. The molecule has 23 heavy (non-hydrogen) atoms. The van der Waals surface area contributed by atoms with Crippen molar-refractivity contribution >= 4 is 5.91 Å². The van der Waals surface area contributed by atoms with Crippen molar-refractivity contribution in [3.8, 4) is 6.07 Å². The van der Waals surface area contributed by atoms with E-state index in [4.69, 9.17) is 5.26 Å². The van der Waals surface area contributed by atoms with Gasteiger partial charge < -0.3 is 4.90 Å². The van der Waals surface area contributed by atoms with E-state index < -0.39 is 0 Å². The topological polar surface area (TPSA) is 47.3 Å². The summed E-state index contributed by atoms with van der Waals surface area (Å²) in [6.45, 7) is 6.24. The fourth-order valence-electron chi connectivity index (χ4n) is 4.22. The molecule has 0 bridgehead atoms. The van der Waals surface area contributed by atoms with Crippen LogP contribution in [-0.2, 0) is 0 Å². The first-order valence-corrected chi connectivity index (χ1v) is 8.67. The highest BCUT2D eigenvalue weighted by atomic mass is 16.2. The van der Waals surface area contributed by atoms with Crippen LogP contribution in [0.4, 0.5) is 0 Å². The van der Waals surface area contributed by atoms with Crippen LogP contribution in [0.3, 0.4) is 0 Å². The molecule has 4 nitrogen and oxygen atoms in total. The number of amides is 1. The number of nitriles is 1. The molecule has 122 valence electrons. The number of carbonyl (C=O) groups is 1. The van der Waals surface area contributed by atoms with E-state index in [1.807, 2.05) is 11.0 Å². The van der Waals surface area contributed by atoms with Crippen molar-refractivity contribution in [2.75, 3.05) is 13.1 Å². The molecule has 1 amide bonds. The zero-order chi connectivity index (χ0) is 16.4. The van der Waals surface area contributed by atoms with Gasteiger partial charge in [-0.1, -0.05) is 6.07 Å². The molecule has 4 heteroatoms. The van der Waals surface area contributed by atoms with Crippen molar-refractivity contribution in [3.05, 3.63) is 35.4 Å². The Morgan fingerprint density at radius 1 is 1.22 bits per heavy atom. The second kappa shape index (κ2) is 6.72. The molecular weight excluding hydrogens is 286 g/mol. The third-order valence-corrected chi connectivity index (χ3v) is 5.36. The van der Waals surface area contributed by atoms with E-state index in [0.717, 1.165) is 19.5 Å². The smallest absolute Gasteiger partial charge is 0.253 e. The monoisotopic (exact) mass is 311 g/mol. The maximum Gasteiger partial charge on any atom is 0.253 e. The average Bonchev–Trinajstić information content (AvgIpc) is 2.93. The van der Waals surface area contributed by atoms with E-state index in [9.17, 15) is 4.79 Å². The summed E-state index contributed by atoms with van der Waals surface area (Å²) < 4.78 is 0. The van der Waals surface area contributed by atoms with E-state index >= 15 is 0 Å². The van der Waals surface area contributed by atoms with E-state index in [-0.39, 0.29) is 5.91 Å². The minimum Gasteiger partial charge on any atom is -0.337 e. The molecule has 1 aromatic carbocycles. The van der Waals surface area contributed by atoms with Gasteiger partial charge >= 0.3 is 0 Å². The maximum absolute atomic E-state index is 12.8. The lowest BCUT2D eigenvalue weighted by Crippen LogP contribution is -2.52. The van der Waals surface area contributed by atoms with E-state index in [1.165, 1.54) is 19.3 Å². The SMILES string of the molecule is C[C@@H]1CC[C@H](C)N1[C@@H]1CCCN(C(=O)c2cccc(C#N)c2)C1. The Bertz CT molecular complexity index is 611. The maximum atomic E-state index is 12.8. The van der Waals surface area contributed by atoms with Crippen LogP contribution in [0.1, 0.15) is 55.5 Å². The summed E-state index contributed by atoms with van der Waals surface area (Å²) >= 11 is 0. The average molecular weight is 311 g/mol. The molecule has 2 saturated heterocycles. The van der Waals surface area contributed by atoms with E-state index in [2.05, 4.69) is 24.8 Å². The van der Waals surface area contributed by atoms with Crippen molar-refractivity contribution in [2.45, 2.75) is 57.7 Å². The zero-order valence-corrected chi connectivity index (χ0v) is 14.0. The highest BCUT2D eigenvalue weighted by Gasteiger charge is 2.36. The fourth-order valence-corrected chi connectivity index (χ4v) is 4.22. The Morgan fingerprint density at radius 2 is 1.96 bits per heavy atom. The van der Waals surface area contributed by atoms with Crippen molar-refractivity contribution in [2.24, 2.45) is 0 Å². The van der Waals surface area contributed by atoms with Gasteiger partial charge in [0.2, 0.25) is 0 Å². The Balaban J connectivity index is 1.73. The van der Waals surface area contributed by atoms with Gasteiger partial charge in [-0.25, -0.2) is 0 Å². The molecule has 0 saturated carbocycles. The molecule has 2 aliphatic heterocycles. The lowest BCUT2D eigenvalue weighted by molar-refractivity contribution is 0.0487. The second-order valence-electron chi connectivity index (χ2n) is 6.96. The minimum atomic E-state index is 0.0614. The Kier molecular flexibility index (Phi) is 4.68. The van der Waals surface area contributed by atoms with Crippen LogP contribution in [0, 0.1) is 11.3 Å². The third-order valence-electron chi connectivity index (χ3n) is 5.36.